The second-order valence-corrected chi connectivity index (χ2v) is 6.44. The lowest BCUT2D eigenvalue weighted by Gasteiger charge is -2.30. The van der Waals surface area contributed by atoms with Crippen LogP contribution >= 0.6 is 0 Å². The number of carbonyl (C=O) groups is 2. The second kappa shape index (κ2) is 9.04. The summed E-state index contributed by atoms with van der Waals surface area (Å²) in [6, 6.07) is 7.61. The average Bonchev–Trinajstić information content (AvgIpc) is 2.64. The highest BCUT2D eigenvalue weighted by Gasteiger charge is 2.26. The van der Waals surface area contributed by atoms with E-state index in [-0.39, 0.29) is 17.5 Å². The SMILES string of the molecule is CCOC(=O)C1CCCN(/C=C(/C#N)C(=O)Nc2cccc(C)c2C)C1. The van der Waals surface area contributed by atoms with E-state index >= 15 is 0 Å². The molecule has 1 saturated heterocycles. The Kier molecular flexibility index (Phi) is 6.79. The Morgan fingerprint density at radius 3 is 2.88 bits per heavy atom. The molecule has 6 heteroatoms. The Bertz CT molecular complexity index is 749. The number of rotatable bonds is 5. The monoisotopic (exact) mass is 355 g/mol. The predicted octanol–water partition coefficient (Wildman–Crippen LogP) is 2.92. The summed E-state index contributed by atoms with van der Waals surface area (Å²) >= 11 is 0. The molecule has 1 atom stereocenters. The number of esters is 1. The molecular weight excluding hydrogens is 330 g/mol. The summed E-state index contributed by atoms with van der Waals surface area (Å²) in [5.41, 5.74) is 2.76. The highest BCUT2D eigenvalue weighted by molar-refractivity contribution is 6.06. The molecule has 0 aliphatic carbocycles. The van der Waals surface area contributed by atoms with Crippen molar-refractivity contribution in [2.24, 2.45) is 5.92 Å². The van der Waals surface area contributed by atoms with Crippen molar-refractivity contribution in [3.8, 4) is 6.07 Å². The van der Waals surface area contributed by atoms with Gasteiger partial charge in [0.2, 0.25) is 0 Å². The number of hydrogen-bond donors (Lipinski definition) is 1. The summed E-state index contributed by atoms with van der Waals surface area (Å²) in [5.74, 6) is -0.884. The molecular formula is C20H25N3O3. The molecule has 1 aliphatic heterocycles. The largest absolute Gasteiger partial charge is 0.466 e. The van der Waals surface area contributed by atoms with Gasteiger partial charge in [0.05, 0.1) is 12.5 Å². The number of hydrogen-bond acceptors (Lipinski definition) is 5. The fourth-order valence-electron chi connectivity index (χ4n) is 2.97. The van der Waals surface area contributed by atoms with E-state index in [1.165, 1.54) is 0 Å². The van der Waals surface area contributed by atoms with Gasteiger partial charge in [0.1, 0.15) is 11.6 Å². The lowest BCUT2D eigenvalue weighted by Crippen LogP contribution is -2.37. The summed E-state index contributed by atoms with van der Waals surface area (Å²) in [6.45, 7) is 7.19. The molecule has 1 N–H and O–H groups in total. The van der Waals surface area contributed by atoms with Crippen molar-refractivity contribution in [2.75, 3.05) is 25.0 Å². The number of ether oxygens (including phenoxy) is 1. The van der Waals surface area contributed by atoms with Crippen LogP contribution in [0.4, 0.5) is 5.69 Å². The van der Waals surface area contributed by atoms with Gasteiger partial charge < -0.3 is 15.0 Å². The lowest BCUT2D eigenvalue weighted by atomic mass is 9.98. The molecule has 2 rings (SSSR count). The number of aryl methyl sites for hydroxylation is 1. The number of amides is 1. The van der Waals surface area contributed by atoms with E-state index < -0.39 is 5.91 Å². The first-order valence-electron chi connectivity index (χ1n) is 8.86. The minimum Gasteiger partial charge on any atom is -0.466 e. The third-order valence-corrected chi connectivity index (χ3v) is 4.60. The first-order valence-corrected chi connectivity index (χ1v) is 8.86. The number of nitrogens with zero attached hydrogens (tertiary/aromatic N) is 2. The third kappa shape index (κ3) is 4.85. The Morgan fingerprint density at radius 2 is 2.19 bits per heavy atom. The molecule has 26 heavy (non-hydrogen) atoms. The Balaban J connectivity index is 2.09. The van der Waals surface area contributed by atoms with Gasteiger partial charge in [-0.2, -0.15) is 5.26 Å². The quantitative estimate of drug-likeness (QED) is 0.499. The average molecular weight is 355 g/mol. The van der Waals surface area contributed by atoms with Crippen molar-refractivity contribution in [2.45, 2.75) is 33.6 Å². The van der Waals surface area contributed by atoms with Gasteiger partial charge in [0.25, 0.3) is 5.91 Å². The van der Waals surface area contributed by atoms with Crippen LogP contribution in [0.3, 0.4) is 0 Å². The lowest BCUT2D eigenvalue weighted by molar-refractivity contribution is -0.149. The molecule has 1 aliphatic rings. The van der Waals surface area contributed by atoms with Crippen LogP contribution in [-0.4, -0.2) is 36.5 Å². The van der Waals surface area contributed by atoms with Crippen LogP contribution in [0.15, 0.2) is 30.0 Å². The van der Waals surface area contributed by atoms with E-state index in [2.05, 4.69) is 5.32 Å². The zero-order chi connectivity index (χ0) is 19.1. The smallest absolute Gasteiger partial charge is 0.310 e. The molecule has 138 valence electrons. The normalized spacial score (nSPS) is 17.4. The van der Waals surface area contributed by atoms with Crippen molar-refractivity contribution in [1.82, 2.24) is 4.90 Å². The van der Waals surface area contributed by atoms with Gasteiger partial charge in [-0.3, -0.25) is 9.59 Å². The van der Waals surface area contributed by atoms with Crippen LogP contribution in [0.5, 0.6) is 0 Å². The minimum absolute atomic E-state index is 0.0235. The zero-order valence-electron chi connectivity index (χ0n) is 15.5. The van der Waals surface area contributed by atoms with E-state index in [1.54, 1.807) is 13.1 Å². The van der Waals surface area contributed by atoms with Crippen molar-refractivity contribution in [1.29, 1.82) is 5.26 Å². The summed E-state index contributed by atoms with van der Waals surface area (Å²) in [6.07, 6.45) is 3.13. The molecule has 6 nitrogen and oxygen atoms in total. The second-order valence-electron chi connectivity index (χ2n) is 6.44. The van der Waals surface area contributed by atoms with Crippen LogP contribution in [0.2, 0.25) is 0 Å². The summed E-state index contributed by atoms with van der Waals surface area (Å²) in [5, 5.41) is 12.2. The molecule has 1 fully saturated rings. The molecule has 0 saturated carbocycles. The third-order valence-electron chi connectivity index (χ3n) is 4.60. The van der Waals surface area contributed by atoms with Gasteiger partial charge in [0.15, 0.2) is 0 Å². The van der Waals surface area contributed by atoms with Crippen molar-refractivity contribution >= 4 is 17.6 Å². The van der Waals surface area contributed by atoms with Crippen LogP contribution in [0, 0.1) is 31.1 Å². The fraction of sp³-hybridized carbons (Fsp3) is 0.450. The van der Waals surface area contributed by atoms with Crippen molar-refractivity contribution in [3.63, 3.8) is 0 Å². The maximum Gasteiger partial charge on any atom is 0.310 e. The molecule has 1 heterocycles. The Hall–Kier alpha value is -2.81. The predicted molar refractivity (Wildman–Crippen MR) is 99.2 cm³/mol. The topological polar surface area (TPSA) is 82.4 Å². The van der Waals surface area contributed by atoms with E-state index in [1.807, 2.05) is 43.0 Å². The number of nitriles is 1. The van der Waals surface area contributed by atoms with Gasteiger partial charge in [0, 0.05) is 25.0 Å². The van der Waals surface area contributed by atoms with Gasteiger partial charge in [-0.05, 0) is 50.8 Å². The number of nitrogens with one attached hydrogen (secondary N) is 1. The Labute approximate surface area is 154 Å². The van der Waals surface area contributed by atoms with Gasteiger partial charge >= 0.3 is 5.97 Å². The molecule has 0 spiro atoms. The maximum absolute atomic E-state index is 12.5. The first-order chi connectivity index (χ1) is 12.5. The first kappa shape index (κ1) is 19.5. The van der Waals surface area contributed by atoms with Crippen LogP contribution in [0.25, 0.3) is 0 Å². The van der Waals surface area contributed by atoms with E-state index in [0.717, 1.165) is 24.0 Å². The number of anilines is 1. The summed E-state index contributed by atoms with van der Waals surface area (Å²) in [7, 11) is 0. The number of benzene rings is 1. The van der Waals surface area contributed by atoms with Crippen molar-refractivity contribution < 1.29 is 14.3 Å². The highest BCUT2D eigenvalue weighted by Crippen LogP contribution is 2.21. The molecule has 0 bridgehead atoms. The van der Waals surface area contributed by atoms with Gasteiger partial charge in [-0.1, -0.05) is 12.1 Å². The van der Waals surface area contributed by atoms with E-state index in [0.29, 0.717) is 25.4 Å². The molecule has 1 unspecified atom stereocenters. The number of likely N-dealkylation sites (tertiary alicyclic amines) is 1. The zero-order valence-corrected chi connectivity index (χ0v) is 15.5. The summed E-state index contributed by atoms with van der Waals surface area (Å²) in [4.78, 5) is 26.3. The van der Waals surface area contributed by atoms with Crippen LogP contribution in [0.1, 0.15) is 30.9 Å². The standard InChI is InChI=1S/C20H25N3O3/c1-4-26-20(25)16-8-6-10-23(12-16)13-17(11-21)19(24)22-18-9-5-7-14(2)15(18)3/h5,7,9,13,16H,4,6,8,10,12H2,1-3H3,(H,22,24)/b17-13-. The Morgan fingerprint density at radius 1 is 1.42 bits per heavy atom. The van der Waals surface area contributed by atoms with Gasteiger partial charge in [-0.15, -0.1) is 0 Å². The number of piperidine rings is 1. The van der Waals surface area contributed by atoms with E-state index in [9.17, 15) is 14.9 Å². The molecule has 1 aromatic rings. The molecule has 0 aromatic heterocycles. The molecule has 1 amide bonds. The van der Waals surface area contributed by atoms with Crippen molar-refractivity contribution in [3.05, 3.63) is 41.1 Å². The van der Waals surface area contributed by atoms with Crippen LogP contribution < -0.4 is 5.32 Å². The van der Waals surface area contributed by atoms with E-state index in [4.69, 9.17) is 4.74 Å². The maximum atomic E-state index is 12.5. The summed E-state index contributed by atoms with van der Waals surface area (Å²) < 4.78 is 5.08. The van der Waals surface area contributed by atoms with Gasteiger partial charge in [-0.25, -0.2) is 0 Å². The fourth-order valence-corrected chi connectivity index (χ4v) is 2.97. The highest BCUT2D eigenvalue weighted by atomic mass is 16.5. The minimum atomic E-state index is -0.445. The molecule has 1 aromatic carbocycles. The van der Waals surface area contributed by atoms with Crippen LogP contribution in [-0.2, 0) is 14.3 Å². The number of carbonyl (C=O) groups excluding carboxylic acids is 2. The molecule has 0 radical (unpaired) electrons.